The van der Waals surface area contributed by atoms with Crippen molar-refractivity contribution in [2.75, 3.05) is 6.61 Å². The van der Waals surface area contributed by atoms with E-state index >= 15 is 0 Å². The lowest BCUT2D eigenvalue weighted by molar-refractivity contribution is 0.0909. The number of carbonyl (C=O) groups excluding carboxylic acids is 1. The van der Waals surface area contributed by atoms with E-state index in [1.165, 1.54) is 18.3 Å². The van der Waals surface area contributed by atoms with Crippen LogP contribution in [-0.4, -0.2) is 33.9 Å². The molecule has 1 amide bonds. The highest BCUT2D eigenvalue weighted by molar-refractivity contribution is 5.99. The Bertz CT molecular complexity index is 623. The number of nitrogens with one attached hydrogen (secondary N) is 2. The van der Waals surface area contributed by atoms with Crippen LogP contribution in [0, 0.1) is 11.7 Å². The van der Waals surface area contributed by atoms with E-state index in [0.29, 0.717) is 29.2 Å². The molecule has 2 aromatic rings. The van der Waals surface area contributed by atoms with Crippen LogP contribution in [-0.2, 0) is 0 Å². The Morgan fingerprint density at radius 2 is 2.05 bits per heavy atom. The number of hydrogen-bond donors (Lipinski definition) is 3. The molecule has 5 nitrogen and oxygen atoms in total. The molecule has 118 valence electrons. The Labute approximate surface area is 128 Å². The smallest absolute Gasteiger partial charge is 0.255 e. The molecule has 0 spiro atoms. The third-order valence-corrected chi connectivity index (χ3v) is 3.33. The minimum atomic E-state index is -0.341. The van der Waals surface area contributed by atoms with E-state index in [2.05, 4.69) is 15.5 Å². The normalized spacial score (nSPS) is 12.4. The second-order valence-corrected chi connectivity index (χ2v) is 5.65. The summed E-state index contributed by atoms with van der Waals surface area (Å²) in [5.41, 5.74) is 1.57. The number of halogens is 1. The van der Waals surface area contributed by atoms with Gasteiger partial charge >= 0.3 is 0 Å². The lowest BCUT2D eigenvalue weighted by Crippen LogP contribution is -2.38. The fourth-order valence-electron chi connectivity index (χ4n) is 2.31. The number of nitrogens with zero attached hydrogens (tertiary/aromatic N) is 1. The summed E-state index contributed by atoms with van der Waals surface area (Å²) < 4.78 is 13.0. The second kappa shape index (κ2) is 7.17. The first kappa shape index (κ1) is 16.2. The summed E-state index contributed by atoms with van der Waals surface area (Å²) in [6, 6.07) is 5.51. The first-order chi connectivity index (χ1) is 10.5. The minimum absolute atomic E-state index is 0.117. The van der Waals surface area contributed by atoms with E-state index in [-0.39, 0.29) is 24.4 Å². The Balaban J connectivity index is 2.17. The summed E-state index contributed by atoms with van der Waals surface area (Å²) in [6.45, 7) is 3.93. The number of H-pyrrole nitrogens is 1. The Morgan fingerprint density at radius 3 is 2.64 bits per heavy atom. The van der Waals surface area contributed by atoms with Gasteiger partial charge in [0.1, 0.15) is 5.82 Å². The first-order valence-corrected chi connectivity index (χ1v) is 7.22. The number of hydrogen-bond acceptors (Lipinski definition) is 3. The number of aromatic amines is 1. The molecule has 1 heterocycles. The van der Waals surface area contributed by atoms with Gasteiger partial charge in [0.15, 0.2) is 0 Å². The van der Waals surface area contributed by atoms with E-state index in [0.717, 1.165) is 0 Å². The summed E-state index contributed by atoms with van der Waals surface area (Å²) in [6.07, 6.45) is 2.11. The van der Waals surface area contributed by atoms with Crippen molar-refractivity contribution in [2.45, 2.75) is 26.3 Å². The number of rotatable bonds is 6. The van der Waals surface area contributed by atoms with Crippen molar-refractivity contribution in [3.05, 3.63) is 41.8 Å². The zero-order valence-electron chi connectivity index (χ0n) is 12.6. The van der Waals surface area contributed by atoms with Crippen LogP contribution >= 0.6 is 0 Å². The lowest BCUT2D eigenvalue weighted by Gasteiger charge is -2.18. The van der Waals surface area contributed by atoms with E-state index in [1.54, 1.807) is 12.1 Å². The maximum Gasteiger partial charge on any atom is 0.255 e. The van der Waals surface area contributed by atoms with E-state index < -0.39 is 0 Å². The van der Waals surface area contributed by atoms with E-state index in [4.69, 9.17) is 0 Å². The highest BCUT2D eigenvalue weighted by Crippen LogP contribution is 2.21. The number of benzene rings is 1. The second-order valence-electron chi connectivity index (χ2n) is 5.65. The largest absolute Gasteiger partial charge is 0.394 e. The van der Waals surface area contributed by atoms with Crippen LogP contribution in [0.3, 0.4) is 0 Å². The van der Waals surface area contributed by atoms with E-state index in [9.17, 15) is 14.3 Å². The summed E-state index contributed by atoms with van der Waals surface area (Å²) in [4.78, 5) is 12.4. The van der Waals surface area contributed by atoms with Gasteiger partial charge in [-0.15, -0.1) is 0 Å². The average Bonchev–Trinajstić information content (AvgIpc) is 2.96. The molecule has 2 rings (SSSR count). The van der Waals surface area contributed by atoms with Crippen molar-refractivity contribution in [2.24, 2.45) is 5.92 Å². The standard InChI is InChI=1S/C16H20FN3O2/c1-10(2)7-13(9-21)19-16(22)14-8-18-20-15(14)11-3-5-12(17)6-4-11/h3-6,8,10,13,21H,7,9H2,1-2H3,(H,18,20)(H,19,22). The van der Waals surface area contributed by atoms with Crippen LogP contribution in [0.1, 0.15) is 30.6 Å². The highest BCUT2D eigenvalue weighted by atomic mass is 19.1. The van der Waals surface area contributed by atoms with Crippen molar-refractivity contribution < 1.29 is 14.3 Å². The molecule has 0 aliphatic rings. The molecule has 0 fully saturated rings. The van der Waals surface area contributed by atoms with Gasteiger partial charge in [0.25, 0.3) is 5.91 Å². The Hall–Kier alpha value is -2.21. The predicted molar refractivity (Wildman–Crippen MR) is 81.8 cm³/mol. The first-order valence-electron chi connectivity index (χ1n) is 7.22. The molecule has 1 unspecified atom stereocenters. The van der Waals surface area contributed by atoms with Gasteiger partial charge in [-0.1, -0.05) is 13.8 Å². The maximum atomic E-state index is 13.0. The molecule has 0 radical (unpaired) electrons. The number of amides is 1. The van der Waals surface area contributed by atoms with Crippen LogP contribution in [0.5, 0.6) is 0 Å². The Kier molecular flexibility index (Phi) is 5.27. The van der Waals surface area contributed by atoms with Crippen molar-refractivity contribution in [3.63, 3.8) is 0 Å². The van der Waals surface area contributed by atoms with Crippen LogP contribution in [0.15, 0.2) is 30.5 Å². The molecule has 22 heavy (non-hydrogen) atoms. The zero-order chi connectivity index (χ0) is 16.1. The van der Waals surface area contributed by atoms with Crippen molar-refractivity contribution in [1.82, 2.24) is 15.5 Å². The quantitative estimate of drug-likeness (QED) is 0.766. The van der Waals surface area contributed by atoms with Gasteiger partial charge in [-0.2, -0.15) is 5.10 Å². The molecule has 1 aromatic carbocycles. The fourth-order valence-corrected chi connectivity index (χ4v) is 2.31. The summed E-state index contributed by atoms with van der Waals surface area (Å²) >= 11 is 0. The summed E-state index contributed by atoms with van der Waals surface area (Å²) in [5, 5.41) is 18.8. The van der Waals surface area contributed by atoms with Crippen molar-refractivity contribution in [1.29, 1.82) is 0 Å². The number of aromatic nitrogens is 2. The van der Waals surface area contributed by atoms with Crippen molar-refractivity contribution >= 4 is 5.91 Å². The molecular formula is C16H20FN3O2. The molecule has 0 saturated carbocycles. The molecule has 1 aromatic heterocycles. The van der Waals surface area contributed by atoms with Crippen LogP contribution < -0.4 is 5.32 Å². The van der Waals surface area contributed by atoms with E-state index in [1.807, 2.05) is 13.8 Å². The van der Waals surface area contributed by atoms with Gasteiger partial charge in [0.2, 0.25) is 0 Å². The predicted octanol–water partition coefficient (Wildman–Crippen LogP) is 2.35. The molecule has 0 bridgehead atoms. The maximum absolute atomic E-state index is 13.0. The third kappa shape index (κ3) is 3.92. The van der Waals surface area contributed by atoms with Gasteiger partial charge in [0, 0.05) is 5.56 Å². The molecule has 0 aliphatic heterocycles. The van der Waals surface area contributed by atoms with Crippen LogP contribution in [0.4, 0.5) is 4.39 Å². The SMILES string of the molecule is CC(C)CC(CO)NC(=O)c1cn[nH]c1-c1ccc(F)cc1. The monoisotopic (exact) mass is 305 g/mol. The Morgan fingerprint density at radius 1 is 1.36 bits per heavy atom. The molecule has 3 N–H and O–H groups in total. The van der Waals surface area contributed by atoms with Gasteiger partial charge < -0.3 is 10.4 Å². The lowest BCUT2D eigenvalue weighted by atomic mass is 10.0. The topological polar surface area (TPSA) is 78.0 Å². The van der Waals surface area contributed by atoms with Gasteiger partial charge in [-0.3, -0.25) is 9.89 Å². The van der Waals surface area contributed by atoms with Crippen molar-refractivity contribution in [3.8, 4) is 11.3 Å². The zero-order valence-corrected chi connectivity index (χ0v) is 12.6. The fraction of sp³-hybridized carbons (Fsp3) is 0.375. The average molecular weight is 305 g/mol. The molecule has 0 aliphatic carbocycles. The van der Waals surface area contributed by atoms with Gasteiger partial charge in [0.05, 0.1) is 30.1 Å². The third-order valence-electron chi connectivity index (χ3n) is 3.33. The van der Waals surface area contributed by atoms with Gasteiger partial charge in [-0.25, -0.2) is 4.39 Å². The molecule has 1 atom stereocenters. The minimum Gasteiger partial charge on any atom is -0.394 e. The molecule has 0 saturated heterocycles. The highest BCUT2D eigenvalue weighted by Gasteiger charge is 2.19. The number of aliphatic hydroxyl groups is 1. The summed E-state index contributed by atoms with van der Waals surface area (Å²) in [5.74, 6) is -0.294. The summed E-state index contributed by atoms with van der Waals surface area (Å²) in [7, 11) is 0. The van der Waals surface area contributed by atoms with Crippen LogP contribution in [0.25, 0.3) is 11.3 Å². The molecule has 6 heteroatoms. The molecular weight excluding hydrogens is 285 g/mol. The number of aliphatic hydroxyl groups excluding tert-OH is 1. The number of carbonyl (C=O) groups is 1. The van der Waals surface area contributed by atoms with Crippen LogP contribution in [0.2, 0.25) is 0 Å². The van der Waals surface area contributed by atoms with Gasteiger partial charge in [-0.05, 0) is 36.6 Å².